The highest BCUT2D eigenvalue weighted by atomic mass is 32.2. The molecule has 0 aromatic heterocycles. The van der Waals surface area contributed by atoms with Crippen molar-refractivity contribution >= 4 is 34.8 Å². The Kier molecular flexibility index (Phi) is 9.15. The van der Waals surface area contributed by atoms with Gasteiger partial charge < -0.3 is 20.3 Å². The molecule has 0 aromatic rings. The summed E-state index contributed by atoms with van der Waals surface area (Å²) in [6.07, 6.45) is -1.59. The number of carbonyl (C=O) groups is 4. The maximum Gasteiger partial charge on any atom is 0.408 e. The predicted octanol–water partition coefficient (Wildman–Crippen LogP) is 0.830. The molecule has 0 aromatic carbocycles. The van der Waals surface area contributed by atoms with E-state index in [1.165, 1.54) is 4.90 Å². The second-order valence-electron chi connectivity index (χ2n) is 9.24. The molecule has 1 aliphatic heterocycles. The lowest BCUT2D eigenvalue weighted by Gasteiger charge is -2.28. The molecule has 0 spiro atoms. The molecular weight excluding hydrogens is 462 g/mol. The molecule has 10 nitrogen and oxygen atoms in total. The van der Waals surface area contributed by atoms with E-state index in [2.05, 4.69) is 15.4 Å². The number of likely N-dealkylation sites (tertiary alicyclic amines) is 1. The van der Waals surface area contributed by atoms with Crippen LogP contribution in [0.4, 0.5) is 13.6 Å². The lowest BCUT2D eigenvalue weighted by molar-refractivity contribution is -0.139. The Morgan fingerprint density at radius 2 is 1.79 bits per heavy atom. The zero-order valence-corrected chi connectivity index (χ0v) is 20.0. The van der Waals surface area contributed by atoms with Gasteiger partial charge in [0.15, 0.2) is 0 Å². The van der Waals surface area contributed by atoms with Gasteiger partial charge in [0, 0.05) is 12.5 Å². The summed E-state index contributed by atoms with van der Waals surface area (Å²) in [6.45, 7) is 5.95. The summed E-state index contributed by atoms with van der Waals surface area (Å²) < 4.78 is 46.0. The van der Waals surface area contributed by atoms with E-state index >= 15 is 0 Å². The van der Waals surface area contributed by atoms with Crippen LogP contribution in [-0.2, 0) is 30.1 Å². The van der Waals surface area contributed by atoms with Gasteiger partial charge in [-0.25, -0.2) is 17.8 Å². The van der Waals surface area contributed by atoms with Crippen LogP contribution in [0.1, 0.15) is 53.4 Å². The number of ether oxygens (including phenoxy) is 1. The van der Waals surface area contributed by atoms with Crippen LogP contribution in [0.25, 0.3) is 0 Å². The molecule has 0 radical (unpaired) electrons. The van der Waals surface area contributed by atoms with Gasteiger partial charge in [0.1, 0.15) is 35.2 Å². The van der Waals surface area contributed by atoms with Gasteiger partial charge in [0.05, 0.1) is 5.25 Å². The van der Waals surface area contributed by atoms with Gasteiger partial charge in [0.2, 0.25) is 18.2 Å². The number of carbonyl (C=O) groups excluding carboxylic acids is 4. The van der Waals surface area contributed by atoms with Crippen LogP contribution in [0.5, 0.6) is 0 Å². The minimum atomic E-state index is -2.91. The predicted molar refractivity (Wildman–Crippen MR) is 115 cm³/mol. The van der Waals surface area contributed by atoms with E-state index in [4.69, 9.17) is 4.74 Å². The number of hydrogen-bond acceptors (Lipinski definition) is 6. The largest absolute Gasteiger partial charge is 0.444 e. The SMILES string of the molecule is CC(C(F)F)C(NC(=O)C1CCCN1C(=O)CNC(=O)OC(C)(C)C)C(=O)NS(=O)C1CC1. The molecule has 4 atom stereocenters. The molecule has 33 heavy (non-hydrogen) atoms. The van der Waals surface area contributed by atoms with Gasteiger partial charge >= 0.3 is 6.09 Å². The van der Waals surface area contributed by atoms with E-state index in [1.54, 1.807) is 20.8 Å². The standard InChI is InChI=1S/C20H32F2N4O6S/c1-11(16(21)22)15(18(29)25-33(31)12-7-8-12)24-17(28)13-6-5-9-26(13)14(27)10-23-19(30)32-20(2,3)4/h11-13,15-16H,5-10H2,1-4H3,(H,23,30)(H,24,28)(H,25,29). The van der Waals surface area contributed by atoms with Crippen molar-refractivity contribution in [3.63, 3.8) is 0 Å². The fraction of sp³-hybridized carbons (Fsp3) is 0.800. The highest BCUT2D eigenvalue weighted by molar-refractivity contribution is 7.84. The van der Waals surface area contributed by atoms with Gasteiger partial charge in [0.25, 0.3) is 5.91 Å². The molecule has 2 aliphatic rings. The normalized spacial score (nSPS) is 21.2. The fourth-order valence-electron chi connectivity index (χ4n) is 3.26. The molecule has 1 saturated heterocycles. The molecule has 1 heterocycles. The second kappa shape index (κ2) is 11.2. The molecule has 13 heteroatoms. The van der Waals surface area contributed by atoms with Gasteiger partial charge in [-0.3, -0.25) is 19.1 Å². The summed E-state index contributed by atoms with van der Waals surface area (Å²) in [5, 5.41) is 4.44. The van der Waals surface area contributed by atoms with Gasteiger partial charge in [-0.15, -0.1) is 0 Å². The maximum absolute atomic E-state index is 13.3. The summed E-state index contributed by atoms with van der Waals surface area (Å²) in [7, 11) is -1.70. The van der Waals surface area contributed by atoms with Crippen LogP contribution in [-0.4, -0.2) is 75.4 Å². The third-order valence-corrected chi connectivity index (χ3v) is 6.67. The molecule has 3 N–H and O–H groups in total. The van der Waals surface area contributed by atoms with E-state index in [0.717, 1.165) is 6.92 Å². The Morgan fingerprint density at radius 1 is 1.15 bits per heavy atom. The van der Waals surface area contributed by atoms with Crippen molar-refractivity contribution in [1.29, 1.82) is 0 Å². The first-order valence-electron chi connectivity index (χ1n) is 10.9. The number of alkyl carbamates (subject to hydrolysis) is 1. The fourth-order valence-corrected chi connectivity index (χ4v) is 4.32. The molecule has 4 amide bonds. The van der Waals surface area contributed by atoms with Crippen molar-refractivity contribution in [3.8, 4) is 0 Å². The molecule has 1 saturated carbocycles. The number of nitrogens with one attached hydrogen (secondary N) is 3. The van der Waals surface area contributed by atoms with Crippen molar-refractivity contribution in [2.24, 2.45) is 5.92 Å². The second-order valence-corrected chi connectivity index (χ2v) is 10.7. The number of rotatable bonds is 9. The van der Waals surface area contributed by atoms with Crippen LogP contribution in [0.2, 0.25) is 0 Å². The summed E-state index contributed by atoms with van der Waals surface area (Å²) >= 11 is 0. The number of hydrogen-bond donors (Lipinski definition) is 3. The monoisotopic (exact) mass is 494 g/mol. The van der Waals surface area contributed by atoms with E-state index < -0.39 is 71.4 Å². The lowest BCUT2D eigenvalue weighted by atomic mass is 10.0. The van der Waals surface area contributed by atoms with E-state index in [1.807, 2.05) is 0 Å². The van der Waals surface area contributed by atoms with Crippen LogP contribution in [0.15, 0.2) is 0 Å². The average molecular weight is 495 g/mol. The number of amides is 4. The lowest BCUT2D eigenvalue weighted by Crippen LogP contribution is -2.57. The van der Waals surface area contributed by atoms with Crippen molar-refractivity contribution in [1.82, 2.24) is 20.3 Å². The van der Waals surface area contributed by atoms with E-state index in [-0.39, 0.29) is 18.2 Å². The number of nitrogens with zero attached hydrogens (tertiary/aromatic N) is 1. The highest BCUT2D eigenvalue weighted by Gasteiger charge is 2.40. The third-order valence-electron chi connectivity index (χ3n) is 5.19. The van der Waals surface area contributed by atoms with E-state index in [0.29, 0.717) is 19.3 Å². The first-order chi connectivity index (χ1) is 15.3. The summed E-state index contributed by atoms with van der Waals surface area (Å²) in [5.74, 6) is -3.80. The van der Waals surface area contributed by atoms with Crippen molar-refractivity contribution in [2.75, 3.05) is 13.1 Å². The highest BCUT2D eigenvalue weighted by Crippen LogP contribution is 2.25. The van der Waals surface area contributed by atoms with E-state index in [9.17, 15) is 32.2 Å². The Balaban J connectivity index is 2.00. The first kappa shape index (κ1) is 26.9. The smallest absolute Gasteiger partial charge is 0.408 e. The summed E-state index contributed by atoms with van der Waals surface area (Å²) in [4.78, 5) is 50.9. The summed E-state index contributed by atoms with van der Waals surface area (Å²) in [5.41, 5.74) is -0.747. The van der Waals surface area contributed by atoms with Gasteiger partial charge in [-0.2, -0.15) is 0 Å². The summed E-state index contributed by atoms with van der Waals surface area (Å²) in [6, 6.07) is -2.59. The quantitative estimate of drug-likeness (QED) is 0.435. The van der Waals surface area contributed by atoms with Crippen LogP contribution < -0.4 is 15.4 Å². The molecule has 2 rings (SSSR count). The molecule has 2 fully saturated rings. The average Bonchev–Trinajstić information content (AvgIpc) is 3.44. The van der Waals surface area contributed by atoms with Crippen molar-refractivity contribution in [3.05, 3.63) is 0 Å². The molecule has 0 bridgehead atoms. The first-order valence-corrected chi connectivity index (χ1v) is 12.1. The molecule has 1 aliphatic carbocycles. The number of alkyl halides is 2. The van der Waals surface area contributed by atoms with Crippen LogP contribution in [0.3, 0.4) is 0 Å². The zero-order valence-electron chi connectivity index (χ0n) is 19.2. The zero-order chi connectivity index (χ0) is 24.9. The van der Waals surface area contributed by atoms with Crippen molar-refractivity contribution in [2.45, 2.75) is 82.7 Å². The topological polar surface area (TPSA) is 134 Å². The third kappa shape index (κ3) is 8.20. The number of halogens is 2. The maximum atomic E-state index is 13.3. The molecule has 4 unspecified atom stereocenters. The van der Waals surface area contributed by atoms with Crippen LogP contribution in [0, 0.1) is 5.92 Å². The Bertz CT molecular complexity index is 787. The molecular formula is C20H32F2N4O6S. The minimum Gasteiger partial charge on any atom is -0.444 e. The van der Waals surface area contributed by atoms with Gasteiger partial charge in [-0.05, 0) is 46.5 Å². The molecule has 188 valence electrons. The Morgan fingerprint density at radius 3 is 2.33 bits per heavy atom. The van der Waals surface area contributed by atoms with Crippen molar-refractivity contribution < 1.29 is 36.9 Å². The van der Waals surface area contributed by atoms with Gasteiger partial charge in [-0.1, -0.05) is 6.92 Å². The minimum absolute atomic E-state index is 0.201. The van der Waals surface area contributed by atoms with Crippen LogP contribution >= 0.6 is 0 Å². The Hall–Kier alpha value is -2.31. The Labute approximate surface area is 194 Å².